The smallest absolute Gasteiger partial charge is 0.331 e. The number of carbonyl (C=O) groups is 1. The maximum Gasteiger partial charge on any atom is 0.331 e. The minimum absolute atomic E-state index is 0.491. The summed E-state index contributed by atoms with van der Waals surface area (Å²) in [6, 6.07) is 9.11. The van der Waals surface area contributed by atoms with Gasteiger partial charge < -0.3 is 9.94 Å². The minimum atomic E-state index is -0.492. The Morgan fingerprint density at radius 3 is 2.60 bits per heavy atom. The average Bonchev–Trinajstić information content (AvgIpc) is 2.29. The largest absolute Gasteiger partial charge is 0.466 e. The number of nitrogens with zero attached hydrogens (tertiary/aromatic N) is 1. The van der Waals surface area contributed by atoms with E-state index in [0.717, 1.165) is 5.56 Å². The van der Waals surface area contributed by atoms with Crippen LogP contribution in [0.25, 0.3) is 5.57 Å². The molecule has 0 saturated carbocycles. The van der Waals surface area contributed by atoms with E-state index in [-0.39, 0.29) is 0 Å². The Morgan fingerprint density at radius 1 is 1.40 bits per heavy atom. The van der Waals surface area contributed by atoms with Gasteiger partial charge in [-0.1, -0.05) is 35.5 Å². The Kier molecular flexibility index (Phi) is 4.09. The summed E-state index contributed by atoms with van der Waals surface area (Å²) in [7, 11) is 1.29. The topological polar surface area (TPSA) is 58.9 Å². The summed E-state index contributed by atoms with van der Waals surface area (Å²) >= 11 is 0. The van der Waals surface area contributed by atoms with Gasteiger partial charge in [-0.25, -0.2) is 4.79 Å². The van der Waals surface area contributed by atoms with Crippen LogP contribution in [0.2, 0.25) is 0 Å². The molecule has 1 aromatic carbocycles. The molecule has 0 fully saturated rings. The molecule has 0 unspecified atom stereocenters. The third-order valence-electron chi connectivity index (χ3n) is 1.78. The zero-order valence-corrected chi connectivity index (χ0v) is 8.25. The Balaban J connectivity index is 3.04. The molecule has 1 rings (SSSR count). The van der Waals surface area contributed by atoms with Gasteiger partial charge in [0.25, 0.3) is 0 Å². The van der Waals surface area contributed by atoms with Gasteiger partial charge in [0.1, 0.15) is 0 Å². The third-order valence-corrected chi connectivity index (χ3v) is 1.78. The highest BCUT2D eigenvalue weighted by atomic mass is 16.5. The lowest BCUT2D eigenvalue weighted by Gasteiger charge is -2.00. The number of esters is 1. The molecule has 4 nitrogen and oxygen atoms in total. The SMILES string of the molecule is COC(=O)/C=C(\C=N\O)c1ccccc1. The van der Waals surface area contributed by atoms with Crippen molar-refractivity contribution >= 4 is 17.8 Å². The van der Waals surface area contributed by atoms with E-state index in [1.54, 1.807) is 12.1 Å². The predicted molar refractivity (Wildman–Crippen MR) is 56.7 cm³/mol. The van der Waals surface area contributed by atoms with Crippen molar-refractivity contribution in [3.63, 3.8) is 0 Å². The highest BCUT2D eigenvalue weighted by molar-refractivity contribution is 6.14. The molecule has 0 atom stereocenters. The van der Waals surface area contributed by atoms with Crippen LogP contribution in [-0.4, -0.2) is 24.5 Å². The highest BCUT2D eigenvalue weighted by Crippen LogP contribution is 2.11. The Morgan fingerprint density at radius 2 is 2.07 bits per heavy atom. The van der Waals surface area contributed by atoms with E-state index in [1.807, 2.05) is 18.2 Å². The van der Waals surface area contributed by atoms with Crippen molar-refractivity contribution in [2.45, 2.75) is 0 Å². The number of carbonyl (C=O) groups excluding carboxylic acids is 1. The number of ether oxygens (including phenoxy) is 1. The van der Waals surface area contributed by atoms with Crippen LogP contribution in [0, 0.1) is 0 Å². The van der Waals surface area contributed by atoms with Crippen molar-refractivity contribution in [3.05, 3.63) is 42.0 Å². The van der Waals surface area contributed by atoms with Gasteiger partial charge in [-0.05, 0) is 5.56 Å². The molecule has 78 valence electrons. The molecule has 0 radical (unpaired) electrons. The first-order valence-electron chi connectivity index (χ1n) is 4.30. The molecule has 0 spiro atoms. The molecule has 15 heavy (non-hydrogen) atoms. The van der Waals surface area contributed by atoms with Crippen molar-refractivity contribution in [2.24, 2.45) is 5.16 Å². The first-order chi connectivity index (χ1) is 7.27. The van der Waals surface area contributed by atoms with Gasteiger partial charge >= 0.3 is 5.97 Å². The van der Waals surface area contributed by atoms with E-state index in [4.69, 9.17) is 5.21 Å². The third kappa shape index (κ3) is 3.27. The summed E-state index contributed by atoms with van der Waals surface area (Å²) in [5, 5.41) is 11.4. The molecule has 0 aliphatic rings. The van der Waals surface area contributed by atoms with Crippen LogP contribution >= 0.6 is 0 Å². The Hall–Kier alpha value is -2.10. The fraction of sp³-hybridized carbons (Fsp3) is 0.0909. The number of hydrogen-bond acceptors (Lipinski definition) is 4. The fourth-order valence-electron chi connectivity index (χ4n) is 1.07. The van der Waals surface area contributed by atoms with Crippen LogP contribution in [0.3, 0.4) is 0 Å². The lowest BCUT2D eigenvalue weighted by atomic mass is 10.1. The standard InChI is InChI=1S/C11H11NO3/c1-15-11(13)7-10(8-12-14)9-5-3-2-4-6-9/h2-8,14H,1H3/b10-7+,12-8+. The highest BCUT2D eigenvalue weighted by Gasteiger charge is 2.02. The Bertz CT molecular complexity index is 382. The lowest BCUT2D eigenvalue weighted by molar-refractivity contribution is -0.134. The van der Waals surface area contributed by atoms with Crippen molar-refractivity contribution in [1.82, 2.24) is 0 Å². The molecule has 4 heteroatoms. The summed E-state index contributed by atoms with van der Waals surface area (Å²) in [6.07, 6.45) is 2.45. The van der Waals surface area contributed by atoms with Crippen LogP contribution in [0.15, 0.2) is 41.6 Å². The van der Waals surface area contributed by atoms with E-state index in [9.17, 15) is 4.79 Å². The molecular formula is C11H11NO3. The van der Waals surface area contributed by atoms with E-state index in [1.165, 1.54) is 19.4 Å². The van der Waals surface area contributed by atoms with E-state index >= 15 is 0 Å². The predicted octanol–water partition coefficient (Wildman–Crippen LogP) is 1.70. The van der Waals surface area contributed by atoms with Gasteiger partial charge in [0.05, 0.1) is 13.3 Å². The number of allylic oxidation sites excluding steroid dienone is 1. The maximum atomic E-state index is 11.0. The molecule has 0 saturated heterocycles. The number of benzene rings is 1. The van der Waals surface area contributed by atoms with Crippen LogP contribution in [-0.2, 0) is 9.53 Å². The lowest BCUT2D eigenvalue weighted by Crippen LogP contribution is -1.97. The van der Waals surface area contributed by atoms with Gasteiger partial charge in [0, 0.05) is 11.6 Å². The summed E-state index contributed by atoms with van der Waals surface area (Å²) in [5.41, 5.74) is 1.27. The second-order valence-corrected chi connectivity index (χ2v) is 2.73. The molecule has 0 aliphatic carbocycles. The molecule has 1 N–H and O–H groups in total. The molecule has 0 aromatic heterocycles. The molecule has 0 heterocycles. The summed E-state index contributed by atoms with van der Waals surface area (Å²) in [4.78, 5) is 11.0. The normalized spacial score (nSPS) is 11.7. The molecular weight excluding hydrogens is 194 g/mol. The van der Waals surface area contributed by atoms with Crippen LogP contribution in [0.4, 0.5) is 0 Å². The quantitative estimate of drug-likeness (QED) is 0.268. The van der Waals surface area contributed by atoms with E-state index < -0.39 is 5.97 Å². The first kappa shape index (κ1) is 11.0. The number of hydrogen-bond donors (Lipinski definition) is 1. The van der Waals surface area contributed by atoms with Crippen molar-refractivity contribution in [2.75, 3.05) is 7.11 Å². The summed E-state index contributed by atoms with van der Waals surface area (Å²) in [5.74, 6) is -0.492. The van der Waals surface area contributed by atoms with Crippen molar-refractivity contribution in [3.8, 4) is 0 Å². The molecule has 0 bridgehead atoms. The van der Waals surface area contributed by atoms with Crippen LogP contribution in [0.5, 0.6) is 0 Å². The van der Waals surface area contributed by atoms with Crippen LogP contribution < -0.4 is 0 Å². The van der Waals surface area contributed by atoms with Gasteiger partial charge in [0.2, 0.25) is 0 Å². The van der Waals surface area contributed by atoms with E-state index in [2.05, 4.69) is 9.89 Å². The second kappa shape index (κ2) is 5.59. The first-order valence-corrected chi connectivity index (χ1v) is 4.30. The zero-order chi connectivity index (χ0) is 11.1. The van der Waals surface area contributed by atoms with E-state index in [0.29, 0.717) is 5.57 Å². The number of oxime groups is 1. The maximum absolute atomic E-state index is 11.0. The second-order valence-electron chi connectivity index (χ2n) is 2.73. The van der Waals surface area contributed by atoms with Gasteiger partial charge in [-0.3, -0.25) is 0 Å². The van der Waals surface area contributed by atoms with Gasteiger partial charge in [0.15, 0.2) is 0 Å². The molecule has 0 aliphatic heterocycles. The van der Waals surface area contributed by atoms with Crippen molar-refractivity contribution < 1.29 is 14.7 Å². The monoisotopic (exact) mass is 205 g/mol. The number of rotatable bonds is 3. The molecule has 0 amide bonds. The zero-order valence-electron chi connectivity index (χ0n) is 8.25. The summed E-state index contributed by atoms with van der Waals surface area (Å²) < 4.78 is 4.49. The van der Waals surface area contributed by atoms with Crippen LogP contribution in [0.1, 0.15) is 5.56 Å². The van der Waals surface area contributed by atoms with Gasteiger partial charge in [-0.15, -0.1) is 0 Å². The average molecular weight is 205 g/mol. The van der Waals surface area contributed by atoms with Crippen molar-refractivity contribution in [1.29, 1.82) is 0 Å². The van der Waals surface area contributed by atoms with Gasteiger partial charge in [-0.2, -0.15) is 0 Å². The Labute approximate surface area is 87.5 Å². The summed E-state index contributed by atoms with van der Waals surface area (Å²) in [6.45, 7) is 0. The molecule has 1 aromatic rings. The minimum Gasteiger partial charge on any atom is -0.466 e. The number of methoxy groups -OCH3 is 1. The fourth-order valence-corrected chi connectivity index (χ4v) is 1.07.